The molecule has 2 bridgehead atoms. The van der Waals surface area contributed by atoms with Crippen LogP contribution in [0.4, 0.5) is 5.82 Å². The molecule has 5 heteroatoms. The lowest BCUT2D eigenvalue weighted by atomic mass is 9.95. The Morgan fingerprint density at radius 2 is 2.20 bits per heavy atom. The molecule has 0 aliphatic heterocycles. The zero-order chi connectivity index (χ0) is 14.3. The van der Waals surface area contributed by atoms with Crippen LogP contribution in [0.3, 0.4) is 0 Å². The third-order valence-corrected chi connectivity index (χ3v) is 4.84. The van der Waals surface area contributed by atoms with Crippen molar-refractivity contribution in [1.82, 2.24) is 9.55 Å². The molecule has 3 rings (SSSR count). The number of nitrogens with two attached hydrogens (primary N) is 1. The van der Waals surface area contributed by atoms with Crippen LogP contribution in [0.5, 0.6) is 0 Å². The summed E-state index contributed by atoms with van der Waals surface area (Å²) in [6.07, 6.45) is 5.91. The molecular weight excluding hydrogens is 254 g/mol. The van der Waals surface area contributed by atoms with E-state index in [2.05, 4.69) is 16.5 Å². The lowest BCUT2D eigenvalue weighted by Crippen LogP contribution is -2.20. The van der Waals surface area contributed by atoms with Crippen LogP contribution in [0.15, 0.2) is 0 Å². The molecule has 2 aliphatic carbocycles. The van der Waals surface area contributed by atoms with Gasteiger partial charge in [0.25, 0.3) is 0 Å². The fourth-order valence-corrected chi connectivity index (χ4v) is 3.99. The third-order valence-electron chi connectivity index (χ3n) is 4.84. The van der Waals surface area contributed by atoms with E-state index in [0.29, 0.717) is 30.1 Å². The first-order valence-electron chi connectivity index (χ1n) is 7.69. The highest BCUT2D eigenvalue weighted by atomic mass is 16.5. The number of hydrogen-bond acceptors (Lipinski definition) is 4. The summed E-state index contributed by atoms with van der Waals surface area (Å²) >= 11 is 0. The van der Waals surface area contributed by atoms with Gasteiger partial charge in [0.1, 0.15) is 11.6 Å². The lowest BCUT2D eigenvalue weighted by Gasteiger charge is -2.25. The maximum absolute atomic E-state index is 11.9. The minimum atomic E-state index is -0.401. The van der Waals surface area contributed by atoms with Gasteiger partial charge in [-0.25, -0.2) is 9.78 Å². The number of aryl methyl sites for hydroxylation is 1. The van der Waals surface area contributed by atoms with E-state index >= 15 is 0 Å². The Hall–Kier alpha value is -1.52. The van der Waals surface area contributed by atoms with Gasteiger partial charge in [0.15, 0.2) is 5.69 Å². The first-order chi connectivity index (χ1) is 9.65. The molecule has 1 heterocycles. The first kappa shape index (κ1) is 13.5. The van der Waals surface area contributed by atoms with E-state index in [4.69, 9.17) is 10.5 Å². The predicted octanol–water partition coefficient (Wildman–Crippen LogP) is 2.57. The lowest BCUT2D eigenvalue weighted by molar-refractivity contribution is 0.0521. The molecule has 1 aromatic rings. The van der Waals surface area contributed by atoms with Gasteiger partial charge >= 0.3 is 5.97 Å². The van der Waals surface area contributed by atoms with Crippen molar-refractivity contribution in [3.05, 3.63) is 11.5 Å². The second-order valence-electron chi connectivity index (χ2n) is 5.95. The van der Waals surface area contributed by atoms with Gasteiger partial charge in [-0.1, -0.05) is 13.3 Å². The molecule has 0 aromatic carbocycles. The smallest absolute Gasteiger partial charge is 0.360 e. The van der Waals surface area contributed by atoms with Gasteiger partial charge < -0.3 is 15.0 Å². The summed E-state index contributed by atoms with van der Waals surface area (Å²) < 4.78 is 7.17. The van der Waals surface area contributed by atoms with Crippen LogP contribution in [0.2, 0.25) is 0 Å². The van der Waals surface area contributed by atoms with Crippen LogP contribution >= 0.6 is 0 Å². The number of fused-ring (bicyclic) bond motifs is 2. The molecule has 2 fully saturated rings. The van der Waals surface area contributed by atoms with E-state index in [1.54, 1.807) is 6.92 Å². The first-order valence-corrected chi connectivity index (χ1v) is 7.69. The third kappa shape index (κ3) is 2.00. The molecular formula is C15H23N3O2. The Kier molecular flexibility index (Phi) is 3.44. The van der Waals surface area contributed by atoms with Crippen molar-refractivity contribution in [2.45, 2.75) is 52.0 Å². The van der Waals surface area contributed by atoms with E-state index < -0.39 is 5.97 Å². The Morgan fingerprint density at radius 1 is 1.40 bits per heavy atom. The minimum absolute atomic E-state index is 0.298. The highest BCUT2D eigenvalue weighted by Crippen LogP contribution is 2.51. The molecule has 0 saturated heterocycles. The van der Waals surface area contributed by atoms with Crippen LogP contribution in [0.1, 0.15) is 61.9 Å². The van der Waals surface area contributed by atoms with Gasteiger partial charge in [0.2, 0.25) is 0 Å². The largest absolute Gasteiger partial charge is 0.461 e. The van der Waals surface area contributed by atoms with Gasteiger partial charge in [-0.2, -0.15) is 0 Å². The number of carbonyl (C=O) groups excluding carboxylic acids is 1. The number of aromatic nitrogens is 2. The number of nitrogens with zero attached hydrogens (tertiary/aromatic N) is 2. The van der Waals surface area contributed by atoms with Gasteiger partial charge in [-0.15, -0.1) is 0 Å². The zero-order valence-corrected chi connectivity index (χ0v) is 12.3. The zero-order valence-electron chi connectivity index (χ0n) is 12.3. The molecule has 0 amide bonds. The summed E-state index contributed by atoms with van der Waals surface area (Å²) in [5.74, 6) is 2.56. The van der Waals surface area contributed by atoms with E-state index in [0.717, 1.165) is 18.2 Å². The highest BCUT2D eigenvalue weighted by Gasteiger charge is 2.42. The molecule has 3 unspecified atom stereocenters. The van der Waals surface area contributed by atoms with Crippen molar-refractivity contribution >= 4 is 11.8 Å². The van der Waals surface area contributed by atoms with Crippen LogP contribution in [-0.4, -0.2) is 22.1 Å². The summed E-state index contributed by atoms with van der Waals surface area (Å²) in [4.78, 5) is 16.4. The molecule has 2 aliphatic rings. The standard InChI is InChI=1S/C15H23N3O2/c1-3-12-17-13(15(19)20-4-2)14(16)18(12)11-8-9-5-6-10(11)7-9/h9-11H,3-8,16H2,1-2H3. The Balaban J connectivity index is 1.95. The maximum Gasteiger partial charge on any atom is 0.360 e. The van der Waals surface area contributed by atoms with Crippen LogP contribution < -0.4 is 5.73 Å². The topological polar surface area (TPSA) is 70.1 Å². The molecule has 0 spiro atoms. The summed E-state index contributed by atoms with van der Waals surface area (Å²) in [6.45, 7) is 4.20. The fourth-order valence-electron chi connectivity index (χ4n) is 3.99. The average molecular weight is 277 g/mol. The number of hydrogen-bond donors (Lipinski definition) is 1. The summed E-state index contributed by atoms with van der Waals surface area (Å²) in [5.41, 5.74) is 6.52. The second-order valence-corrected chi connectivity index (χ2v) is 5.95. The quantitative estimate of drug-likeness (QED) is 0.859. The molecule has 2 saturated carbocycles. The monoisotopic (exact) mass is 277 g/mol. The van der Waals surface area contributed by atoms with Crippen molar-refractivity contribution < 1.29 is 9.53 Å². The molecule has 20 heavy (non-hydrogen) atoms. The SMILES string of the molecule is CCOC(=O)c1nc(CC)n(C2CC3CCC2C3)c1N. The highest BCUT2D eigenvalue weighted by molar-refractivity contribution is 5.92. The number of nitrogen functional groups attached to an aromatic ring is 1. The number of anilines is 1. The molecule has 110 valence electrons. The van der Waals surface area contributed by atoms with Gasteiger partial charge in [-0.3, -0.25) is 0 Å². The summed E-state index contributed by atoms with van der Waals surface area (Å²) in [6, 6.07) is 0.430. The van der Waals surface area contributed by atoms with E-state index in [1.807, 2.05) is 0 Å². The van der Waals surface area contributed by atoms with Crippen LogP contribution in [0, 0.1) is 11.8 Å². The molecule has 5 nitrogen and oxygen atoms in total. The minimum Gasteiger partial charge on any atom is -0.461 e. The van der Waals surface area contributed by atoms with Crippen molar-refractivity contribution in [1.29, 1.82) is 0 Å². The Labute approximate surface area is 119 Å². The van der Waals surface area contributed by atoms with Crippen LogP contribution in [-0.2, 0) is 11.2 Å². The van der Waals surface area contributed by atoms with E-state index in [-0.39, 0.29) is 0 Å². The molecule has 2 N–H and O–H groups in total. The van der Waals surface area contributed by atoms with Gasteiger partial charge in [0.05, 0.1) is 6.61 Å². The Morgan fingerprint density at radius 3 is 2.75 bits per heavy atom. The molecule has 3 atom stereocenters. The Bertz CT molecular complexity index is 523. The number of ether oxygens (including phenoxy) is 1. The van der Waals surface area contributed by atoms with Crippen molar-refractivity contribution in [3.8, 4) is 0 Å². The van der Waals surface area contributed by atoms with Crippen molar-refractivity contribution in [3.63, 3.8) is 0 Å². The predicted molar refractivity (Wildman–Crippen MR) is 76.5 cm³/mol. The normalized spacial score (nSPS) is 28.0. The summed E-state index contributed by atoms with van der Waals surface area (Å²) in [7, 11) is 0. The fraction of sp³-hybridized carbons (Fsp3) is 0.733. The van der Waals surface area contributed by atoms with Gasteiger partial charge in [-0.05, 0) is 38.0 Å². The number of esters is 1. The second kappa shape index (κ2) is 5.11. The van der Waals surface area contributed by atoms with E-state index in [9.17, 15) is 4.79 Å². The van der Waals surface area contributed by atoms with Crippen LogP contribution in [0.25, 0.3) is 0 Å². The molecule has 0 radical (unpaired) electrons. The number of carbonyl (C=O) groups is 1. The maximum atomic E-state index is 11.9. The average Bonchev–Trinajstić information content (AvgIpc) is 3.11. The van der Waals surface area contributed by atoms with Gasteiger partial charge in [0, 0.05) is 12.5 Å². The van der Waals surface area contributed by atoms with Crippen molar-refractivity contribution in [2.75, 3.05) is 12.3 Å². The summed E-state index contributed by atoms with van der Waals surface area (Å²) in [5, 5.41) is 0. The molecule has 1 aromatic heterocycles. The van der Waals surface area contributed by atoms with Crippen molar-refractivity contribution in [2.24, 2.45) is 11.8 Å². The number of rotatable bonds is 4. The number of imidazole rings is 1. The van der Waals surface area contributed by atoms with E-state index in [1.165, 1.54) is 25.7 Å².